The van der Waals surface area contributed by atoms with E-state index in [0.717, 1.165) is 15.4 Å². The monoisotopic (exact) mass is 543 g/mol. The summed E-state index contributed by atoms with van der Waals surface area (Å²) in [6.07, 6.45) is 0. The van der Waals surface area contributed by atoms with Gasteiger partial charge in [-0.2, -0.15) is 0 Å². The molecule has 0 fully saturated rings. The van der Waals surface area contributed by atoms with Crippen molar-refractivity contribution in [3.05, 3.63) is 88.9 Å². The van der Waals surface area contributed by atoms with Gasteiger partial charge in [0.15, 0.2) is 0 Å². The smallest absolute Gasteiger partial charge is 0.264 e. The average Bonchev–Trinajstić information content (AvgIpc) is 2.90. The molecule has 3 rings (SSSR count). The molecule has 0 saturated carbocycles. The van der Waals surface area contributed by atoms with Gasteiger partial charge in [0.2, 0.25) is 11.8 Å². The van der Waals surface area contributed by atoms with Crippen LogP contribution < -0.4 is 14.4 Å². The van der Waals surface area contributed by atoms with E-state index >= 15 is 0 Å². The maximum Gasteiger partial charge on any atom is 0.264 e. The summed E-state index contributed by atoms with van der Waals surface area (Å²) in [7, 11) is -1.21. The lowest BCUT2D eigenvalue weighted by molar-refractivity contribution is -0.139. The van der Waals surface area contributed by atoms with Crippen LogP contribution in [0.1, 0.15) is 18.1 Å². The van der Waals surface area contributed by atoms with Crippen LogP contribution in [0.3, 0.4) is 0 Å². The highest BCUT2D eigenvalue weighted by Crippen LogP contribution is 2.27. The number of carbonyl (C=O) groups is 2. The van der Waals surface area contributed by atoms with E-state index in [4.69, 9.17) is 16.3 Å². The predicted molar refractivity (Wildman–Crippen MR) is 144 cm³/mol. The first-order valence-corrected chi connectivity index (χ1v) is 13.4. The topological polar surface area (TPSA) is 96.0 Å². The molecule has 3 aromatic carbocycles. The van der Waals surface area contributed by atoms with Crippen molar-refractivity contribution >= 4 is 39.1 Å². The number of likely N-dealkylation sites (N-methyl/N-ethyl adjacent to an activating group) is 1. The number of hydrogen-bond donors (Lipinski definition) is 1. The zero-order valence-electron chi connectivity index (χ0n) is 21.1. The van der Waals surface area contributed by atoms with Gasteiger partial charge in [-0.15, -0.1) is 0 Å². The van der Waals surface area contributed by atoms with Crippen molar-refractivity contribution in [2.75, 3.05) is 25.0 Å². The number of carbonyl (C=O) groups excluding carboxylic acids is 2. The molecule has 10 heteroatoms. The van der Waals surface area contributed by atoms with Gasteiger partial charge in [-0.3, -0.25) is 13.9 Å². The fourth-order valence-electron chi connectivity index (χ4n) is 3.72. The van der Waals surface area contributed by atoms with Crippen LogP contribution in [0.15, 0.2) is 77.7 Å². The molecule has 0 aliphatic rings. The number of nitrogens with one attached hydrogen (secondary N) is 1. The molecule has 1 N–H and O–H groups in total. The molecule has 0 saturated heterocycles. The van der Waals surface area contributed by atoms with Crippen molar-refractivity contribution in [2.45, 2.75) is 31.3 Å². The molecule has 0 aliphatic heterocycles. The van der Waals surface area contributed by atoms with Gasteiger partial charge in [-0.25, -0.2) is 8.42 Å². The molecule has 0 spiro atoms. The second-order valence-electron chi connectivity index (χ2n) is 8.46. The number of hydrogen-bond acceptors (Lipinski definition) is 5. The number of methoxy groups -OCH3 is 1. The summed E-state index contributed by atoms with van der Waals surface area (Å²) in [6.45, 7) is 3.14. The molecule has 0 heterocycles. The lowest BCUT2D eigenvalue weighted by Crippen LogP contribution is -2.50. The van der Waals surface area contributed by atoms with Crippen LogP contribution in [-0.4, -0.2) is 51.9 Å². The third-order valence-electron chi connectivity index (χ3n) is 5.91. The molecule has 8 nitrogen and oxygen atoms in total. The Morgan fingerprint density at radius 3 is 2.24 bits per heavy atom. The molecular weight excluding hydrogens is 514 g/mol. The molecule has 196 valence electrons. The Morgan fingerprint density at radius 1 is 1.03 bits per heavy atom. The summed E-state index contributed by atoms with van der Waals surface area (Å²) >= 11 is 6.17. The average molecular weight is 544 g/mol. The van der Waals surface area contributed by atoms with E-state index in [1.165, 1.54) is 49.4 Å². The van der Waals surface area contributed by atoms with E-state index in [1.54, 1.807) is 25.1 Å². The van der Waals surface area contributed by atoms with Crippen molar-refractivity contribution in [1.29, 1.82) is 0 Å². The zero-order valence-corrected chi connectivity index (χ0v) is 22.7. The minimum absolute atomic E-state index is 0.0227. The van der Waals surface area contributed by atoms with E-state index in [2.05, 4.69) is 5.32 Å². The van der Waals surface area contributed by atoms with E-state index in [1.807, 2.05) is 31.2 Å². The Kier molecular flexibility index (Phi) is 9.18. The fraction of sp³-hybridized carbons (Fsp3) is 0.259. The number of halogens is 1. The van der Waals surface area contributed by atoms with Crippen molar-refractivity contribution in [2.24, 2.45) is 0 Å². The summed E-state index contributed by atoms with van der Waals surface area (Å²) < 4.78 is 33.6. The molecule has 0 aromatic heterocycles. The number of rotatable bonds is 10. The third kappa shape index (κ3) is 6.81. The molecule has 37 heavy (non-hydrogen) atoms. The summed E-state index contributed by atoms with van der Waals surface area (Å²) in [5.41, 5.74) is 2.08. The minimum atomic E-state index is -4.18. The third-order valence-corrected chi connectivity index (χ3v) is 7.93. The molecule has 3 aromatic rings. The van der Waals surface area contributed by atoms with Gasteiger partial charge in [0.1, 0.15) is 18.3 Å². The van der Waals surface area contributed by atoms with E-state index in [0.29, 0.717) is 10.8 Å². The van der Waals surface area contributed by atoms with Crippen molar-refractivity contribution in [3.63, 3.8) is 0 Å². The lowest BCUT2D eigenvalue weighted by Gasteiger charge is -2.31. The molecular formula is C27H30ClN3O5S. The van der Waals surface area contributed by atoms with Gasteiger partial charge >= 0.3 is 0 Å². The van der Waals surface area contributed by atoms with Crippen molar-refractivity contribution in [3.8, 4) is 5.75 Å². The van der Waals surface area contributed by atoms with E-state index in [9.17, 15) is 18.0 Å². The Labute approximate surface area is 222 Å². The number of benzene rings is 3. The first kappa shape index (κ1) is 28.0. The van der Waals surface area contributed by atoms with Gasteiger partial charge in [0.25, 0.3) is 10.0 Å². The van der Waals surface area contributed by atoms with Gasteiger partial charge in [-0.05, 0) is 61.9 Å². The Balaban J connectivity index is 2.02. The summed E-state index contributed by atoms with van der Waals surface area (Å²) in [6, 6.07) is 18.9. The van der Waals surface area contributed by atoms with Gasteiger partial charge < -0.3 is 15.0 Å². The Bertz CT molecular complexity index is 1350. The van der Waals surface area contributed by atoms with Crippen LogP contribution in [0.25, 0.3) is 0 Å². The maximum atomic E-state index is 13.7. The number of sulfonamides is 1. The normalized spacial score (nSPS) is 11.9. The highest BCUT2D eigenvalue weighted by atomic mass is 35.5. The number of nitrogens with zero attached hydrogens (tertiary/aromatic N) is 2. The van der Waals surface area contributed by atoms with Crippen LogP contribution in [0.2, 0.25) is 5.02 Å². The van der Waals surface area contributed by atoms with E-state index < -0.39 is 28.5 Å². The first-order chi connectivity index (χ1) is 17.6. The largest absolute Gasteiger partial charge is 0.497 e. The van der Waals surface area contributed by atoms with Crippen LogP contribution in [0.4, 0.5) is 5.69 Å². The minimum Gasteiger partial charge on any atom is -0.497 e. The summed E-state index contributed by atoms with van der Waals surface area (Å²) in [5.74, 6) is -0.422. The second-order valence-corrected chi connectivity index (χ2v) is 10.8. The standard InChI is InChI=1S/C27H30ClN3O5S/c1-19-8-10-21(11-9-19)17-30(20(2)27(33)29-3)26(32)18-31(23-7-5-6-22(28)16-23)37(34,35)25-14-12-24(36-4)13-15-25/h5-16,20H,17-18H2,1-4H3,(H,29,33)/t20-/m1/s1. The molecule has 0 aliphatic carbocycles. The van der Waals surface area contributed by atoms with Crippen molar-refractivity contribution in [1.82, 2.24) is 10.2 Å². The number of ether oxygens (including phenoxy) is 1. The second kappa shape index (κ2) is 12.1. The highest BCUT2D eigenvalue weighted by Gasteiger charge is 2.32. The lowest BCUT2D eigenvalue weighted by atomic mass is 10.1. The number of amides is 2. The summed E-state index contributed by atoms with van der Waals surface area (Å²) in [4.78, 5) is 27.6. The van der Waals surface area contributed by atoms with Gasteiger partial charge in [0, 0.05) is 18.6 Å². The SMILES string of the molecule is CNC(=O)[C@@H](C)N(Cc1ccc(C)cc1)C(=O)CN(c1cccc(Cl)c1)S(=O)(=O)c1ccc(OC)cc1. The highest BCUT2D eigenvalue weighted by molar-refractivity contribution is 7.92. The zero-order chi connectivity index (χ0) is 27.2. The van der Waals surface area contributed by atoms with Gasteiger partial charge in [-0.1, -0.05) is 47.5 Å². The van der Waals surface area contributed by atoms with Crippen LogP contribution in [0, 0.1) is 6.92 Å². The van der Waals surface area contributed by atoms with Crippen LogP contribution in [0.5, 0.6) is 5.75 Å². The van der Waals surface area contributed by atoms with Crippen LogP contribution >= 0.6 is 11.6 Å². The predicted octanol–water partition coefficient (Wildman–Crippen LogP) is 4.02. The number of anilines is 1. The molecule has 0 bridgehead atoms. The van der Waals surface area contributed by atoms with Crippen molar-refractivity contribution < 1.29 is 22.7 Å². The molecule has 2 amide bonds. The Morgan fingerprint density at radius 2 is 1.68 bits per heavy atom. The quantitative estimate of drug-likeness (QED) is 0.417. The van der Waals surface area contributed by atoms with E-state index in [-0.39, 0.29) is 23.0 Å². The molecule has 0 radical (unpaired) electrons. The summed E-state index contributed by atoms with van der Waals surface area (Å²) in [5, 5.41) is 2.88. The van der Waals surface area contributed by atoms with Gasteiger partial charge in [0.05, 0.1) is 17.7 Å². The Hall–Kier alpha value is -3.56. The fourth-order valence-corrected chi connectivity index (χ4v) is 5.31. The molecule has 1 atom stereocenters. The number of aryl methyl sites for hydroxylation is 1. The molecule has 0 unspecified atom stereocenters. The van der Waals surface area contributed by atoms with Crippen LogP contribution in [-0.2, 0) is 26.2 Å². The first-order valence-electron chi connectivity index (χ1n) is 11.6. The maximum absolute atomic E-state index is 13.7.